The highest BCUT2D eigenvalue weighted by Gasteiger charge is 2.19. The fourth-order valence-electron chi connectivity index (χ4n) is 1.90. The van der Waals surface area contributed by atoms with Gasteiger partial charge in [0.25, 0.3) is 0 Å². The molecule has 0 amide bonds. The molecule has 5 nitrogen and oxygen atoms in total. The van der Waals surface area contributed by atoms with Crippen molar-refractivity contribution in [2.75, 3.05) is 17.3 Å². The summed E-state index contributed by atoms with van der Waals surface area (Å²) in [6.45, 7) is 5.12. The van der Waals surface area contributed by atoms with Gasteiger partial charge in [-0.25, -0.2) is 15.8 Å². The molecule has 1 aromatic heterocycles. The number of rotatable bonds is 7. The summed E-state index contributed by atoms with van der Waals surface area (Å²) in [6.07, 6.45) is 5.38. The van der Waals surface area contributed by atoms with Gasteiger partial charge in [-0.2, -0.15) is 0 Å². The van der Waals surface area contributed by atoms with Gasteiger partial charge in [-0.05, 0) is 18.8 Å². The van der Waals surface area contributed by atoms with Crippen molar-refractivity contribution >= 4 is 11.6 Å². The number of nitrogen functional groups attached to an aromatic ring is 1. The predicted molar refractivity (Wildman–Crippen MR) is 74.4 cm³/mol. The average Bonchev–Trinajstić information content (AvgIpc) is 3.18. The van der Waals surface area contributed by atoms with Crippen molar-refractivity contribution in [1.29, 1.82) is 0 Å². The lowest BCUT2D eigenvalue weighted by Gasteiger charge is -2.11. The van der Waals surface area contributed by atoms with Gasteiger partial charge in [0, 0.05) is 18.5 Å². The summed E-state index contributed by atoms with van der Waals surface area (Å²) in [7, 11) is 0. The molecule has 1 fully saturated rings. The Morgan fingerprint density at radius 2 is 2.06 bits per heavy atom. The van der Waals surface area contributed by atoms with Gasteiger partial charge in [0.2, 0.25) is 0 Å². The van der Waals surface area contributed by atoms with Crippen molar-refractivity contribution in [1.82, 2.24) is 9.97 Å². The molecule has 0 spiro atoms. The Bertz CT molecular complexity index is 387. The van der Waals surface area contributed by atoms with E-state index in [0.717, 1.165) is 24.1 Å². The van der Waals surface area contributed by atoms with E-state index in [1.807, 2.05) is 6.07 Å². The van der Waals surface area contributed by atoms with Gasteiger partial charge in [0.15, 0.2) is 0 Å². The normalized spacial score (nSPS) is 14.9. The Labute approximate surface area is 109 Å². The smallest absolute Gasteiger partial charge is 0.145 e. The molecule has 4 N–H and O–H groups in total. The summed E-state index contributed by atoms with van der Waals surface area (Å²) in [5, 5.41) is 3.35. The van der Waals surface area contributed by atoms with Crippen LogP contribution in [0.2, 0.25) is 0 Å². The SMILES string of the molecule is CC(C)c1nc(NN)cc(NCCCC2CC2)n1. The van der Waals surface area contributed by atoms with E-state index in [-0.39, 0.29) is 0 Å². The molecular formula is C13H23N5. The van der Waals surface area contributed by atoms with Gasteiger partial charge in [-0.1, -0.05) is 26.7 Å². The van der Waals surface area contributed by atoms with Crippen molar-refractivity contribution in [2.24, 2.45) is 11.8 Å². The van der Waals surface area contributed by atoms with Crippen LogP contribution in [0.1, 0.15) is 51.3 Å². The first-order valence-electron chi connectivity index (χ1n) is 6.78. The predicted octanol–water partition coefficient (Wildman–Crippen LogP) is 2.49. The third-order valence-corrected chi connectivity index (χ3v) is 3.20. The molecule has 0 atom stereocenters. The Morgan fingerprint density at radius 3 is 2.67 bits per heavy atom. The minimum absolute atomic E-state index is 0.297. The van der Waals surface area contributed by atoms with Crippen molar-refractivity contribution in [3.8, 4) is 0 Å². The molecule has 18 heavy (non-hydrogen) atoms. The minimum Gasteiger partial charge on any atom is -0.370 e. The molecule has 1 aromatic rings. The number of hydrogen-bond donors (Lipinski definition) is 3. The second-order valence-electron chi connectivity index (χ2n) is 5.31. The second kappa shape index (κ2) is 6.00. The molecule has 0 saturated heterocycles. The van der Waals surface area contributed by atoms with E-state index in [1.165, 1.54) is 25.7 Å². The van der Waals surface area contributed by atoms with Gasteiger partial charge in [-0.3, -0.25) is 0 Å². The molecule has 0 aliphatic heterocycles. The molecule has 1 aliphatic carbocycles. The third kappa shape index (κ3) is 3.84. The number of nitrogens with one attached hydrogen (secondary N) is 2. The Balaban J connectivity index is 1.90. The molecule has 5 heteroatoms. The lowest BCUT2D eigenvalue weighted by Crippen LogP contribution is -2.13. The van der Waals surface area contributed by atoms with Crippen LogP contribution in [0.3, 0.4) is 0 Å². The van der Waals surface area contributed by atoms with E-state index >= 15 is 0 Å². The quantitative estimate of drug-likeness (QED) is 0.393. The standard InChI is InChI=1S/C13H23N5/c1-9(2)13-16-11(8-12(17-13)18-14)15-7-3-4-10-5-6-10/h8-10H,3-7,14H2,1-2H3,(H2,15,16,17,18). The summed E-state index contributed by atoms with van der Waals surface area (Å²) in [4.78, 5) is 8.83. The lowest BCUT2D eigenvalue weighted by atomic mass is 10.2. The van der Waals surface area contributed by atoms with Gasteiger partial charge in [-0.15, -0.1) is 0 Å². The maximum Gasteiger partial charge on any atom is 0.145 e. The average molecular weight is 249 g/mol. The van der Waals surface area contributed by atoms with Gasteiger partial charge in [0.05, 0.1) is 0 Å². The summed E-state index contributed by atoms with van der Waals surface area (Å²) in [5.74, 6) is 9.05. The van der Waals surface area contributed by atoms with Crippen molar-refractivity contribution in [2.45, 2.75) is 45.4 Å². The maximum absolute atomic E-state index is 5.42. The summed E-state index contributed by atoms with van der Waals surface area (Å²) < 4.78 is 0. The lowest BCUT2D eigenvalue weighted by molar-refractivity contribution is 0.685. The molecule has 100 valence electrons. The molecular weight excluding hydrogens is 226 g/mol. The van der Waals surface area contributed by atoms with E-state index in [1.54, 1.807) is 0 Å². The molecule has 0 radical (unpaired) electrons. The molecule has 1 saturated carbocycles. The number of hydrogen-bond acceptors (Lipinski definition) is 5. The summed E-state index contributed by atoms with van der Waals surface area (Å²) in [5.41, 5.74) is 2.59. The Morgan fingerprint density at radius 1 is 1.33 bits per heavy atom. The van der Waals surface area contributed by atoms with Crippen LogP contribution < -0.4 is 16.6 Å². The number of hydrazine groups is 1. The van der Waals surface area contributed by atoms with Crippen LogP contribution in [0.5, 0.6) is 0 Å². The molecule has 0 aromatic carbocycles. The van der Waals surface area contributed by atoms with Crippen molar-refractivity contribution < 1.29 is 0 Å². The van der Waals surface area contributed by atoms with Gasteiger partial charge >= 0.3 is 0 Å². The zero-order valence-corrected chi connectivity index (χ0v) is 11.2. The highest BCUT2D eigenvalue weighted by Crippen LogP contribution is 2.33. The van der Waals surface area contributed by atoms with Crippen LogP contribution >= 0.6 is 0 Å². The minimum atomic E-state index is 0.297. The van der Waals surface area contributed by atoms with Crippen LogP contribution in [-0.2, 0) is 0 Å². The first-order valence-corrected chi connectivity index (χ1v) is 6.78. The molecule has 1 aliphatic rings. The van der Waals surface area contributed by atoms with Gasteiger partial charge in [0.1, 0.15) is 17.5 Å². The highest BCUT2D eigenvalue weighted by atomic mass is 15.3. The summed E-state index contributed by atoms with van der Waals surface area (Å²) in [6, 6.07) is 1.85. The van der Waals surface area contributed by atoms with E-state index < -0.39 is 0 Å². The molecule has 2 rings (SSSR count). The Hall–Kier alpha value is -1.36. The van der Waals surface area contributed by atoms with Crippen molar-refractivity contribution in [3.63, 3.8) is 0 Å². The first-order chi connectivity index (χ1) is 8.69. The van der Waals surface area contributed by atoms with Crippen molar-refractivity contribution in [3.05, 3.63) is 11.9 Å². The van der Waals surface area contributed by atoms with E-state index in [0.29, 0.717) is 11.7 Å². The highest BCUT2D eigenvalue weighted by molar-refractivity contribution is 5.47. The maximum atomic E-state index is 5.42. The Kier molecular flexibility index (Phi) is 4.36. The number of nitrogens with zero attached hydrogens (tertiary/aromatic N) is 2. The van der Waals surface area contributed by atoms with Crippen LogP contribution in [0.25, 0.3) is 0 Å². The summed E-state index contributed by atoms with van der Waals surface area (Å²) >= 11 is 0. The van der Waals surface area contributed by atoms with Gasteiger partial charge < -0.3 is 10.7 Å². The monoisotopic (exact) mass is 249 g/mol. The third-order valence-electron chi connectivity index (χ3n) is 3.20. The molecule has 0 unspecified atom stereocenters. The second-order valence-corrected chi connectivity index (χ2v) is 5.31. The zero-order chi connectivity index (χ0) is 13.0. The largest absolute Gasteiger partial charge is 0.370 e. The number of nitrogens with two attached hydrogens (primary N) is 1. The fraction of sp³-hybridized carbons (Fsp3) is 0.692. The fourth-order valence-corrected chi connectivity index (χ4v) is 1.90. The van der Waals surface area contributed by atoms with Crippen LogP contribution in [0.15, 0.2) is 6.07 Å². The van der Waals surface area contributed by atoms with Crippen LogP contribution in [0, 0.1) is 5.92 Å². The molecule has 1 heterocycles. The number of aromatic nitrogens is 2. The zero-order valence-electron chi connectivity index (χ0n) is 11.2. The van der Waals surface area contributed by atoms with Crippen LogP contribution in [0.4, 0.5) is 11.6 Å². The van der Waals surface area contributed by atoms with E-state index in [9.17, 15) is 0 Å². The van der Waals surface area contributed by atoms with Crippen LogP contribution in [-0.4, -0.2) is 16.5 Å². The molecule has 0 bridgehead atoms. The van der Waals surface area contributed by atoms with E-state index in [2.05, 4.69) is 34.6 Å². The van der Waals surface area contributed by atoms with E-state index in [4.69, 9.17) is 5.84 Å². The number of anilines is 2. The first kappa shape index (κ1) is 13.1. The topological polar surface area (TPSA) is 75.9 Å².